The molecule has 9 heteroatoms. The number of nitrogens with two attached hydrogens (primary N) is 1. The standard InChI is InChI=1S/C18H15N5O4/c19-17(24)13-5-7-15(8-6-13)21-18(25)14-3-1-12(2-4-14)10-22-11-16(9-20-22)23(26)27/h1-9,11H,10H2,(H2,19,24)(H,21,25). The second-order valence-corrected chi connectivity index (χ2v) is 5.75. The molecule has 3 aromatic rings. The Morgan fingerprint density at radius 1 is 1.07 bits per heavy atom. The van der Waals surface area contributed by atoms with Crippen LogP contribution < -0.4 is 11.1 Å². The van der Waals surface area contributed by atoms with Crippen molar-refractivity contribution in [2.75, 3.05) is 5.32 Å². The summed E-state index contributed by atoms with van der Waals surface area (Å²) in [6, 6.07) is 13.1. The van der Waals surface area contributed by atoms with Gasteiger partial charge in [0.1, 0.15) is 12.4 Å². The normalized spacial score (nSPS) is 10.4. The Hall–Kier alpha value is -4.01. The number of rotatable bonds is 6. The van der Waals surface area contributed by atoms with Crippen molar-refractivity contribution < 1.29 is 14.5 Å². The summed E-state index contributed by atoms with van der Waals surface area (Å²) >= 11 is 0. The highest BCUT2D eigenvalue weighted by atomic mass is 16.6. The van der Waals surface area contributed by atoms with Crippen molar-refractivity contribution in [2.24, 2.45) is 5.73 Å². The molecule has 0 saturated heterocycles. The number of nitrogens with one attached hydrogen (secondary N) is 1. The molecule has 0 aliphatic rings. The third-order valence-electron chi connectivity index (χ3n) is 3.82. The number of aromatic nitrogens is 2. The number of benzene rings is 2. The minimum absolute atomic E-state index is 0.0756. The van der Waals surface area contributed by atoms with Crippen molar-refractivity contribution in [3.05, 3.63) is 87.7 Å². The first-order valence-corrected chi connectivity index (χ1v) is 7.89. The van der Waals surface area contributed by atoms with Gasteiger partial charge in [0.15, 0.2) is 0 Å². The Morgan fingerprint density at radius 3 is 2.26 bits per heavy atom. The summed E-state index contributed by atoms with van der Waals surface area (Å²) in [5.74, 6) is -0.839. The zero-order valence-electron chi connectivity index (χ0n) is 14.0. The van der Waals surface area contributed by atoms with Crippen LogP contribution in [-0.4, -0.2) is 26.5 Å². The second kappa shape index (κ2) is 7.48. The van der Waals surface area contributed by atoms with Crippen molar-refractivity contribution in [3.63, 3.8) is 0 Å². The minimum atomic E-state index is -0.536. The highest BCUT2D eigenvalue weighted by molar-refractivity contribution is 6.04. The number of anilines is 1. The fourth-order valence-electron chi connectivity index (χ4n) is 2.40. The molecular weight excluding hydrogens is 350 g/mol. The summed E-state index contributed by atoms with van der Waals surface area (Å²) < 4.78 is 1.45. The monoisotopic (exact) mass is 365 g/mol. The third kappa shape index (κ3) is 4.34. The van der Waals surface area contributed by atoms with E-state index in [0.717, 1.165) is 5.56 Å². The third-order valence-corrected chi connectivity index (χ3v) is 3.82. The van der Waals surface area contributed by atoms with E-state index < -0.39 is 10.8 Å². The summed E-state index contributed by atoms with van der Waals surface area (Å²) in [4.78, 5) is 33.5. The van der Waals surface area contributed by atoms with Gasteiger partial charge in [0, 0.05) is 16.8 Å². The predicted octanol–water partition coefficient (Wildman–Crippen LogP) is 2.19. The van der Waals surface area contributed by atoms with Gasteiger partial charge in [0.25, 0.3) is 5.91 Å². The summed E-state index contributed by atoms with van der Waals surface area (Å²) in [6.45, 7) is 0.352. The maximum absolute atomic E-state index is 12.3. The summed E-state index contributed by atoms with van der Waals surface area (Å²) in [5.41, 5.74) is 7.29. The molecule has 0 aliphatic heterocycles. The maximum Gasteiger partial charge on any atom is 0.307 e. The van der Waals surface area contributed by atoms with Crippen LogP contribution in [0.4, 0.5) is 11.4 Å². The first kappa shape index (κ1) is 17.8. The van der Waals surface area contributed by atoms with E-state index in [1.54, 1.807) is 36.4 Å². The van der Waals surface area contributed by atoms with Gasteiger partial charge in [-0.25, -0.2) is 0 Å². The molecule has 27 heavy (non-hydrogen) atoms. The van der Waals surface area contributed by atoms with Crippen LogP contribution in [0.5, 0.6) is 0 Å². The lowest BCUT2D eigenvalue weighted by Crippen LogP contribution is -2.13. The molecule has 0 radical (unpaired) electrons. The van der Waals surface area contributed by atoms with E-state index in [9.17, 15) is 19.7 Å². The number of hydrogen-bond donors (Lipinski definition) is 2. The Morgan fingerprint density at radius 2 is 1.70 bits per heavy atom. The van der Waals surface area contributed by atoms with Gasteiger partial charge in [0.05, 0.1) is 11.5 Å². The van der Waals surface area contributed by atoms with E-state index in [1.165, 1.54) is 29.2 Å². The van der Waals surface area contributed by atoms with Crippen molar-refractivity contribution in [1.82, 2.24) is 9.78 Å². The zero-order valence-corrected chi connectivity index (χ0v) is 14.0. The van der Waals surface area contributed by atoms with Gasteiger partial charge in [-0.2, -0.15) is 5.10 Å². The molecule has 2 amide bonds. The van der Waals surface area contributed by atoms with Crippen molar-refractivity contribution in [3.8, 4) is 0 Å². The molecule has 3 N–H and O–H groups in total. The van der Waals surface area contributed by atoms with Crippen LogP contribution in [-0.2, 0) is 6.54 Å². The molecule has 1 heterocycles. The number of hydrogen-bond acceptors (Lipinski definition) is 5. The van der Waals surface area contributed by atoms with Crippen LogP contribution in [0.2, 0.25) is 0 Å². The molecule has 1 aromatic heterocycles. The SMILES string of the molecule is NC(=O)c1ccc(NC(=O)c2ccc(Cn3cc([N+](=O)[O-])cn3)cc2)cc1. The molecule has 2 aromatic carbocycles. The van der Waals surface area contributed by atoms with Gasteiger partial charge < -0.3 is 11.1 Å². The molecule has 0 fully saturated rings. The molecule has 0 bridgehead atoms. The Balaban J connectivity index is 1.64. The molecule has 136 valence electrons. The van der Waals surface area contributed by atoms with Crippen molar-refractivity contribution in [2.45, 2.75) is 6.54 Å². The van der Waals surface area contributed by atoms with Crippen LogP contribution >= 0.6 is 0 Å². The topological polar surface area (TPSA) is 133 Å². The van der Waals surface area contributed by atoms with Crippen LogP contribution in [0.3, 0.4) is 0 Å². The van der Waals surface area contributed by atoms with E-state index >= 15 is 0 Å². The first-order chi connectivity index (χ1) is 12.9. The fraction of sp³-hybridized carbons (Fsp3) is 0.0556. The zero-order chi connectivity index (χ0) is 19.4. The number of nitrogens with zero attached hydrogens (tertiary/aromatic N) is 3. The van der Waals surface area contributed by atoms with E-state index in [-0.39, 0.29) is 11.6 Å². The molecular formula is C18H15N5O4. The highest BCUT2D eigenvalue weighted by Gasteiger charge is 2.10. The lowest BCUT2D eigenvalue weighted by molar-refractivity contribution is -0.385. The van der Waals surface area contributed by atoms with Crippen LogP contribution in [0.15, 0.2) is 60.9 Å². The predicted molar refractivity (Wildman–Crippen MR) is 97.3 cm³/mol. The second-order valence-electron chi connectivity index (χ2n) is 5.75. The average molecular weight is 365 g/mol. The van der Waals surface area contributed by atoms with Gasteiger partial charge in [-0.15, -0.1) is 0 Å². The van der Waals surface area contributed by atoms with E-state index in [0.29, 0.717) is 23.4 Å². The summed E-state index contributed by atoms with van der Waals surface area (Å²) in [5, 5.41) is 17.3. The lowest BCUT2D eigenvalue weighted by atomic mass is 10.1. The van der Waals surface area contributed by atoms with Crippen LogP contribution in [0, 0.1) is 10.1 Å². The number of amides is 2. The van der Waals surface area contributed by atoms with E-state index in [1.807, 2.05) is 0 Å². The number of primary amides is 1. The van der Waals surface area contributed by atoms with Gasteiger partial charge in [0.2, 0.25) is 5.91 Å². The van der Waals surface area contributed by atoms with Crippen molar-refractivity contribution in [1.29, 1.82) is 0 Å². The molecule has 0 atom stereocenters. The average Bonchev–Trinajstić information content (AvgIpc) is 3.11. The van der Waals surface area contributed by atoms with Gasteiger partial charge >= 0.3 is 5.69 Å². The smallest absolute Gasteiger partial charge is 0.307 e. The number of carbonyl (C=O) groups is 2. The maximum atomic E-state index is 12.3. The van der Waals surface area contributed by atoms with Crippen molar-refractivity contribution >= 4 is 23.2 Å². The molecule has 0 aliphatic carbocycles. The molecule has 9 nitrogen and oxygen atoms in total. The number of carbonyl (C=O) groups excluding carboxylic acids is 2. The fourth-order valence-corrected chi connectivity index (χ4v) is 2.40. The Kier molecular flexibility index (Phi) is 4.93. The van der Waals surface area contributed by atoms with E-state index in [4.69, 9.17) is 5.73 Å². The highest BCUT2D eigenvalue weighted by Crippen LogP contribution is 2.13. The van der Waals surface area contributed by atoms with Crippen LogP contribution in [0.25, 0.3) is 0 Å². The molecule has 0 spiro atoms. The molecule has 0 unspecified atom stereocenters. The number of nitro groups is 1. The van der Waals surface area contributed by atoms with Crippen LogP contribution in [0.1, 0.15) is 26.3 Å². The lowest BCUT2D eigenvalue weighted by Gasteiger charge is -2.07. The largest absolute Gasteiger partial charge is 0.366 e. The Bertz CT molecular complexity index is 993. The summed E-state index contributed by atoms with van der Waals surface area (Å²) in [7, 11) is 0. The minimum Gasteiger partial charge on any atom is -0.366 e. The van der Waals surface area contributed by atoms with Gasteiger partial charge in [-0.1, -0.05) is 12.1 Å². The summed E-state index contributed by atoms with van der Waals surface area (Å²) in [6.07, 6.45) is 2.53. The van der Waals surface area contributed by atoms with Gasteiger partial charge in [-0.05, 0) is 42.0 Å². The quantitative estimate of drug-likeness (QED) is 0.510. The van der Waals surface area contributed by atoms with Gasteiger partial charge in [-0.3, -0.25) is 24.4 Å². The Labute approximate surface area is 153 Å². The molecule has 0 saturated carbocycles. The molecule has 3 rings (SSSR count). The van der Waals surface area contributed by atoms with E-state index in [2.05, 4.69) is 10.4 Å². The first-order valence-electron chi connectivity index (χ1n) is 7.89.